The zero-order valence-corrected chi connectivity index (χ0v) is 12.9. The van der Waals surface area contributed by atoms with E-state index < -0.39 is 0 Å². The van der Waals surface area contributed by atoms with Crippen LogP contribution in [0.25, 0.3) is 0 Å². The molecule has 0 amide bonds. The summed E-state index contributed by atoms with van der Waals surface area (Å²) in [6.07, 6.45) is 0.208. The SMILES string of the molecule is CC(C)Oc1ccc(NC2=NCC(C)(C)CS2)cc1. The van der Waals surface area contributed by atoms with Gasteiger partial charge in [0.2, 0.25) is 0 Å². The average Bonchev–Trinajstić information content (AvgIpc) is 2.34. The van der Waals surface area contributed by atoms with Gasteiger partial charge in [0.1, 0.15) is 5.75 Å². The van der Waals surface area contributed by atoms with E-state index in [-0.39, 0.29) is 6.10 Å². The maximum atomic E-state index is 5.62. The van der Waals surface area contributed by atoms with Crippen molar-refractivity contribution in [3.05, 3.63) is 24.3 Å². The van der Waals surface area contributed by atoms with Crippen LogP contribution in [0.1, 0.15) is 27.7 Å². The Morgan fingerprint density at radius 3 is 2.47 bits per heavy atom. The molecule has 1 aromatic rings. The number of amidine groups is 1. The zero-order valence-electron chi connectivity index (χ0n) is 12.1. The molecule has 4 heteroatoms. The van der Waals surface area contributed by atoms with E-state index in [1.54, 1.807) is 11.8 Å². The normalized spacial score (nSPS) is 18.1. The van der Waals surface area contributed by atoms with Crippen LogP contribution in [0, 0.1) is 5.41 Å². The van der Waals surface area contributed by atoms with Crippen molar-refractivity contribution in [2.75, 3.05) is 17.6 Å². The van der Waals surface area contributed by atoms with Gasteiger partial charge < -0.3 is 10.1 Å². The van der Waals surface area contributed by atoms with Crippen LogP contribution in [-0.2, 0) is 0 Å². The molecule has 1 aliphatic heterocycles. The third-order valence-electron chi connectivity index (χ3n) is 2.73. The number of aliphatic imine (C=N–C) groups is 1. The van der Waals surface area contributed by atoms with Crippen LogP contribution in [0.15, 0.2) is 29.3 Å². The molecule has 104 valence electrons. The Hall–Kier alpha value is -1.16. The van der Waals surface area contributed by atoms with Crippen LogP contribution in [-0.4, -0.2) is 23.6 Å². The molecule has 0 saturated heterocycles. The van der Waals surface area contributed by atoms with Gasteiger partial charge in [-0.2, -0.15) is 0 Å². The minimum absolute atomic E-state index is 0.208. The van der Waals surface area contributed by atoms with E-state index in [9.17, 15) is 0 Å². The molecule has 0 aliphatic carbocycles. The van der Waals surface area contributed by atoms with Gasteiger partial charge in [-0.15, -0.1) is 0 Å². The third kappa shape index (κ3) is 4.46. The number of thioether (sulfide) groups is 1. The molecular formula is C15H22N2OS. The highest BCUT2D eigenvalue weighted by atomic mass is 32.2. The summed E-state index contributed by atoms with van der Waals surface area (Å²) >= 11 is 1.79. The van der Waals surface area contributed by atoms with Gasteiger partial charge in [0.25, 0.3) is 0 Å². The van der Waals surface area contributed by atoms with Gasteiger partial charge in [0.15, 0.2) is 5.17 Å². The first-order chi connectivity index (χ1) is 8.94. The number of benzene rings is 1. The molecule has 0 atom stereocenters. The highest BCUT2D eigenvalue weighted by Gasteiger charge is 2.23. The molecule has 1 heterocycles. The average molecular weight is 278 g/mol. The maximum absolute atomic E-state index is 5.62. The van der Waals surface area contributed by atoms with Gasteiger partial charge in [-0.25, -0.2) is 0 Å². The van der Waals surface area contributed by atoms with Crippen LogP contribution >= 0.6 is 11.8 Å². The van der Waals surface area contributed by atoms with Crippen molar-refractivity contribution >= 4 is 22.6 Å². The van der Waals surface area contributed by atoms with Gasteiger partial charge in [-0.05, 0) is 43.5 Å². The molecule has 0 unspecified atom stereocenters. The Balaban J connectivity index is 1.95. The summed E-state index contributed by atoms with van der Waals surface area (Å²) in [4.78, 5) is 4.59. The Kier molecular flexibility index (Phi) is 4.40. The number of nitrogens with zero attached hydrogens (tertiary/aromatic N) is 1. The van der Waals surface area contributed by atoms with Gasteiger partial charge in [-0.3, -0.25) is 4.99 Å². The Labute approximate surface area is 119 Å². The Bertz CT molecular complexity index is 452. The molecule has 1 aliphatic rings. The summed E-state index contributed by atoms with van der Waals surface area (Å²) in [6, 6.07) is 8.03. The van der Waals surface area contributed by atoms with Gasteiger partial charge in [0.05, 0.1) is 6.10 Å². The predicted molar refractivity (Wildman–Crippen MR) is 84.4 cm³/mol. The lowest BCUT2D eigenvalue weighted by Gasteiger charge is -2.27. The van der Waals surface area contributed by atoms with Crippen molar-refractivity contribution in [1.29, 1.82) is 0 Å². The van der Waals surface area contributed by atoms with E-state index in [0.29, 0.717) is 5.41 Å². The number of ether oxygens (including phenoxy) is 1. The minimum atomic E-state index is 0.208. The first kappa shape index (κ1) is 14.3. The summed E-state index contributed by atoms with van der Waals surface area (Å²) < 4.78 is 5.62. The van der Waals surface area contributed by atoms with E-state index in [1.165, 1.54) is 0 Å². The summed E-state index contributed by atoms with van der Waals surface area (Å²) in [6.45, 7) is 9.44. The fourth-order valence-electron chi connectivity index (χ4n) is 1.73. The van der Waals surface area contributed by atoms with Gasteiger partial charge >= 0.3 is 0 Å². The molecular weight excluding hydrogens is 256 g/mol. The molecule has 0 spiro atoms. The Morgan fingerprint density at radius 1 is 1.26 bits per heavy atom. The van der Waals surface area contributed by atoms with Crippen LogP contribution in [0.3, 0.4) is 0 Å². The fraction of sp³-hybridized carbons (Fsp3) is 0.533. The zero-order chi connectivity index (χ0) is 13.9. The van der Waals surface area contributed by atoms with Crippen LogP contribution in [0.4, 0.5) is 5.69 Å². The first-order valence-electron chi connectivity index (χ1n) is 6.66. The lowest BCUT2D eigenvalue weighted by atomic mass is 9.97. The van der Waals surface area contributed by atoms with Crippen LogP contribution in [0.2, 0.25) is 0 Å². The van der Waals surface area contributed by atoms with Crippen molar-refractivity contribution < 1.29 is 4.74 Å². The first-order valence-corrected chi connectivity index (χ1v) is 7.64. The maximum Gasteiger partial charge on any atom is 0.161 e. The smallest absolute Gasteiger partial charge is 0.161 e. The van der Waals surface area contributed by atoms with Crippen molar-refractivity contribution in [1.82, 2.24) is 0 Å². The van der Waals surface area contributed by atoms with Crippen LogP contribution in [0.5, 0.6) is 5.75 Å². The molecule has 0 saturated carbocycles. The molecule has 0 fully saturated rings. The molecule has 0 aromatic heterocycles. The molecule has 1 N–H and O–H groups in total. The van der Waals surface area contributed by atoms with E-state index in [4.69, 9.17) is 4.74 Å². The number of hydrogen-bond acceptors (Lipinski definition) is 4. The highest BCUT2D eigenvalue weighted by molar-refractivity contribution is 8.14. The number of rotatable bonds is 3. The van der Waals surface area contributed by atoms with E-state index in [0.717, 1.165) is 28.9 Å². The van der Waals surface area contributed by atoms with Gasteiger partial charge in [-0.1, -0.05) is 25.6 Å². The van der Waals surface area contributed by atoms with Gasteiger partial charge in [0, 0.05) is 18.0 Å². The minimum Gasteiger partial charge on any atom is -0.491 e. The quantitative estimate of drug-likeness (QED) is 0.907. The summed E-state index contributed by atoms with van der Waals surface area (Å²) in [5, 5.41) is 4.37. The lowest BCUT2D eigenvalue weighted by Crippen LogP contribution is -2.27. The van der Waals surface area contributed by atoms with Crippen molar-refractivity contribution in [3.8, 4) is 5.75 Å². The van der Waals surface area contributed by atoms with Crippen molar-refractivity contribution in [3.63, 3.8) is 0 Å². The topological polar surface area (TPSA) is 33.6 Å². The predicted octanol–water partition coefficient (Wildman–Crippen LogP) is 4.01. The standard InChI is InChI=1S/C15H22N2OS/c1-11(2)18-13-7-5-12(6-8-13)17-14-16-9-15(3,4)10-19-14/h5-8,11H,9-10H2,1-4H3,(H,16,17). The number of nitrogens with one attached hydrogen (secondary N) is 1. The van der Waals surface area contributed by atoms with Crippen LogP contribution < -0.4 is 10.1 Å². The monoisotopic (exact) mass is 278 g/mol. The molecule has 3 nitrogen and oxygen atoms in total. The van der Waals surface area contributed by atoms with Crippen molar-refractivity contribution in [2.45, 2.75) is 33.8 Å². The lowest BCUT2D eigenvalue weighted by molar-refractivity contribution is 0.242. The number of hydrogen-bond donors (Lipinski definition) is 1. The summed E-state index contributed by atoms with van der Waals surface area (Å²) in [5.41, 5.74) is 1.37. The van der Waals surface area contributed by atoms with E-state index >= 15 is 0 Å². The highest BCUT2D eigenvalue weighted by Crippen LogP contribution is 2.28. The second kappa shape index (κ2) is 5.87. The largest absolute Gasteiger partial charge is 0.491 e. The third-order valence-corrected chi connectivity index (χ3v) is 4.16. The van der Waals surface area contributed by atoms with E-state index in [1.807, 2.05) is 38.1 Å². The molecule has 1 aromatic carbocycles. The van der Waals surface area contributed by atoms with E-state index in [2.05, 4.69) is 24.2 Å². The molecule has 0 radical (unpaired) electrons. The molecule has 19 heavy (non-hydrogen) atoms. The molecule has 2 rings (SSSR count). The summed E-state index contributed by atoms with van der Waals surface area (Å²) in [5.74, 6) is 2.01. The second-order valence-corrected chi connectivity index (χ2v) is 6.85. The van der Waals surface area contributed by atoms with Crippen molar-refractivity contribution in [2.24, 2.45) is 10.4 Å². The fourth-order valence-corrected chi connectivity index (χ4v) is 2.69. The second-order valence-electron chi connectivity index (χ2n) is 5.89. The number of anilines is 1. The summed E-state index contributed by atoms with van der Waals surface area (Å²) in [7, 11) is 0. The molecule has 0 bridgehead atoms. The Morgan fingerprint density at radius 2 is 1.95 bits per heavy atom.